The Morgan fingerprint density at radius 3 is 3.06 bits per heavy atom. The predicted octanol–water partition coefficient (Wildman–Crippen LogP) is 2.01. The zero-order valence-corrected chi connectivity index (χ0v) is 9.30. The van der Waals surface area contributed by atoms with Crippen molar-refractivity contribution in [2.45, 2.75) is 19.4 Å². The summed E-state index contributed by atoms with van der Waals surface area (Å²) in [6, 6.07) is 4.76. The van der Waals surface area contributed by atoms with Crippen molar-refractivity contribution in [1.82, 2.24) is 0 Å². The highest BCUT2D eigenvalue weighted by Crippen LogP contribution is 2.38. The van der Waals surface area contributed by atoms with Gasteiger partial charge in [0.1, 0.15) is 0 Å². The van der Waals surface area contributed by atoms with E-state index in [-0.39, 0.29) is 18.1 Å². The zero-order valence-electron chi connectivity index (χ0n) is 9.30. The maximum absolute atomic E-state index is 11.2. The second kappa shape index (κ2) is 4.40. The summed E-state index contributed by atoms with van der Waals surface area (Å²) in [5.41, 5.74) is 1.11. The lowest BCUT2D eigenvalue weighted by molar-refractivity contribution is -0.386. The molecule has 0 aliphatic carbocycles. The van der Waals surface area contributed by atoms with Crippen LogP contribution in [0, 0.1) is 10.1 Å². The number of carbonyl (C=O) groups excluding carboxylic acids is 1. The average molecular weight is 236 g/mol. The zero-order chi connectivity index (χ0) is 12.4. The number of nitro groups is 1. The SMILES string of the molecule is CCC(=O)OC1CNc2cccc([N+](=O)[O-])c21. The monoisotopic (exact) mass is 236 g/mol. The van der Waals surface area contributed by atoms with Crippen LogP contribution in [0.4, 0.5) is 11.4 Å². The molecule has 2 rings (SSSR count). The molecule has 0 fully saturated rings. The quantitative estimate of drug-likeness (QED) is 0.493. The van der Waals surface area contributed by atoms with Gasteiger partial charge in [-0.2, -0.15) is 0 Å². The molecule has 0 saturated heterocycles. The molecule has 1 unspecified atom stereocenters. The van der Waals surface area contributed by atoms with E-state index < -0.39 is 11.0 Å². The standard InChI is InChI=1S/C11H12N2O4/c1-2-10(14)17-9-6-12-7-4-3-5-8(11(7)9)13(15)16/h3-5,9,12H,2,6H2,1H3. The number of nitro benzene ring substituents is 1. The van der Waals surface area contributed by atoms with E-state index >= 15 is 0 Å². The summed E-state index contributed by atoms with van der Waals surface area (Å²) in [6.45, 7) is 2.07. The predicted molar refractivity (Wildman–Crippen MR) is 60.7 cm³/mol. The largest absolute Gasteiger partial charge is 0.455 e. The summed E-state index contributed by atoms with van der Waals surface area (Å²) >= 11 is 0. The Kier molecular flexibility index (Phi) is 2.95. The highest BCUT2D eigenvalue weighted by Gasteiger charge is 2.32. The molecule has 1 aliphatic heterocycles. The molecule has 6 nitrogen and oxygen atoms in total. The molecule has 1 aliphatic rings. The number of hydrogen-bond donors (Lipinski definition) is 1. The first-order valence-corrected chi connectivity index (χ1v) is 5.34. The molecule has 1 heterocycles. The van der Waals surface area contributed by atoms with Crippen LogP contribution in [0.25, 0.3) is 0 Å². The second-order valence-electron chi connectivity index (χ2n) is 3.71. The topological polar surface area (TPSA) is 81.5 Å². The number of rotatable bonds is 3. The molecule has 0 bridgehead atoms. The van der Waals surface area contributed by atoms with Gasteiger partial charge >= 0.3 is 5.97 Å². The maximum atomic E-state index is 11.2. The van der Waals surface area contributed by atoms with Gasteiger partial charge in [0.2, 0.25) is 0 Å². The van der Waals surface area contributed by atoms with Crippen LogP contribution < -0.4 is 5.32 Å². The third-order valence-electron chi connectivity index (χ3n) is 2.64. The first-order chi connectivity index (χ1) is 8.13. The molecule has 1 N–H and O–H groups in total. The summed E-state index contributed by atoms with van der Waals surface area (Å²) in [5, 5.41) is 13.9. The lowest BCUT2D eigenvalue weighted by atomic mass is 10.1. The van der Waals surface area contributed by atoms with Crippen LogP contribution in [0.1, 0.15) is 25.0 Å². The molecule has 0 radical (unpaired) electrons. The smallest absolute Gasteiger partial charge is 0.306 e. The number of benzene rings is 1. The number of esters is 1. The van der Waals surface area contributed by atoms with Gasteiger partial charge in [0.05, 0.1) is 17.0 Å². The van der Waals surface area contributed by atoms with E-state index in [1.807, 2.05) is 0 Å². The summed E-state index contributed by atoms with van der Waals surface area (Å²) < 4.78 is 5.17. The number of anilines is 1. The lowest BCUT2D eigenvalue weighted by Gasteiger charge is -2.11. The first kappa shape index (κ1) is 11.4. The Labute approximate surface area is 97.7 Å². The van der Waals surface area contributed by atoms with Crippen molar-refractivity contribution in [2.24, 2.45) is 0 Å². The minimum absolute atomic E-state index is 0.0126. The van der Waals surface area contributed by atoms with Gasteiger partial charge in [-0.25, -0.2) is 0 Å². The Morgan fingerprint density at radius 2 is 2.41 bits per heavy atom. The van der Waals surface area contributed by atoms with Gasteiger partial charge in [0, 0.05) is 18.2 Å². The van der Waals surface area contributed by atoms with E-state index in [1.165, 1.54) is 6.07 Å². The summed E-state index contributed by atoms with van der Waals surface area (Å²) in [6.07, 6.45) is -0.314. The lowest BCUT2D eigenvalue weighted by Crippen LogP contribution is -2.12. The van der Waals surface area contributed by atoms with E-state index in [1.54, 1.807) is 19.1 Å². The maximum Gasteiger partial charge on any atom is 0.306 e. The third kappa shape index (κ3) is 2.06. The number of carbonyl (C=O) groups is 1. The van der Waals surface area contributed by atoms with Crippen LogP contribution >= 0.6 is 0 Å². The normalized spacial score (nSPS) is 17.1. The van der Waals surface area contributed by atoms with Crippen LogP contribution in [0.3, 0.4) is 0 Å². The van der Waals surface area contributed by atoms with Crippen molar-refractivity contribution >= 4 is 17.3 Å². The first-order valence-electron chi connectivity index (χ1n) is 5.34. The molecule has 0 saturated carbocycles. The fourth-order valence-electron chi connectivity index (χ4n) is 1.85. The summed E-state index contributed by atoms with van der Waals surface area (Å²) in [4.78, 5) is 21.7. The number of nitrogens with zero attached hydrogens (tertiary/aromatic N) is 1. The van der Waals surface area contributed by atoms with Gasteiger partial charge in [-0.05, 0) is 6.07 Å². The number of ether oxygens (including phenoxy) is 1. The second-order valence-corrected chi connectivity index (χ2v) is 3.71. The molecule has 90 valence electrons. The van der Waals surface area contributed by atoms with E-state index in [9.17, 15) is 14.9 Å². The fraction of sp³-hybridized carbons (Fsp3) is 0.364. The Bertz CT molecular complexity index is 473. The van der Waals surface area contributed by atoms with Crippen molar-refractivity contribution in [1.29, 1.82) is 0 Å². The molecule has 17 heavy (non-hydrogen) atoms. The van der Waals surface area contributed by atoms with Crippen LogP contribution in [0.5, 0.6) is 0 Å². The molecular formula is C11H12N2O4. The summed E-state index contributed by atoms with van der Waals surface area (Å²) in [7, 11) is 0. The molecule has 1 aromatic rings. The van der Waals surface area contributed by atoms with Crippen LogP contribution in [0.15, 0.2) is 18.2 Å². The minimum Gasteiger partial charge on any atom is -0.455 e. The minimum atomic E-state index is -0.570. The molecule has 0 spiro atoms. The van der Waals surface area contributed by atoms with Gasteiger partial charge in [0.15, 0.2) is 6.10 Å². The number of nitrogens with one attached hydrogen (secondary N) is 1. The van der Waals surface area contributed by atoms with E-state index in [4.69, 9.17) is 4.74 Å². The molecule has 0 aromatic heterocycles. The van der Waals surface area contributed by atoms with Crippen molar-refractivity contribution in [3.05, 3.63) is 33.9 Å². The molecule has 1 atom stereocenters. The van der Waals surface area contributed by atoms with Crippen LogP contribution in [-0.4, -0.2) is 17.4 Å². The Morgan fingerprint density at radius 1 is 1.65 bits per heavy atom. The molecular weight excluding hydrogens is 224 g/mol. The highest BCUT2D eigenvalue weighted by molar-refractivity contribution is 5.72. The van der Waals surface area contributed by atoms with E-state index in [2.05, 4.69) is 5.32 Å². The highest BCUT2D eigenvalue weighted by atomic mass is 16.6. The number of hydrogen-bond acceptors (Lipinski definition) is 5. The number of fused-ring (bicyclic) bond motifs is 1. The van der Waals surface area contributed by atoms with Crippen molar-refractivity contribution in [3.8, 4) is 0 Å². The Hall–Kier alpha value is -2.11. The van der Waals surface area contributed by atoms with Crippen LogP contribution in [-0.2, 0) is 9.53 Å². The van der Waals surface area contributed by atoms with Gasteiger partial charge in [-0.3, -0.25) is 14.9 Å². The van der Waals surface area contributed by atoms with Crippen molar-refractivity contribution in [3.63, 3.8) is 0 Å². The Balaban J connectivity index is 2.35. The van der Waals surface area contributed by atoms with Gasteiger partial charge in [0.25, 0.3) is 5.69 Å². The fourth-order valence-corrected chi connectivity index (χ4v) is 1.85. The third-order valence-corrected chi connectivity index (χ3v) is 2.64. The van der Waals surface area contributed by atoms with Gasteiger partial charge < -0.3 is 10.1 Å². The average Bonchev–Trinajstić information content (AvgIpc) is 2.72. The molecule has 6 heteroatoms. The van der Waals surface area contributed by atoms with Gasteiger partial charge in [-0.15, -0.1) is 0 Å². The van der Waals surface area contributed by atoms with Crippen LogP contribution in [0.2, 0.25) is 0 Å². The van der Waals surface area contributed by atoms with E-state index in [0.717, 1.165) is 0 Å². The van der Waals surface area contributed by atoms with Gasteiger partial charge in [-0.1, -0.05) is 13.0 Å². The van der Waals surface area contributed by atoms with E-state index in [0.29, 0.717) is 17.8 Å². The molecule has 0 amide bonds. The van der Waals surface area contributed by atoms with Crippen molar-refractivity contribution in [2.75, 3.05) is 11.9 Å². The molecule has 1 aromatic carbocycles. The summed E-state index contributed by atoms with van der Waals surface area (Å²) in [5.74, 6) is -0.359. The van der Waals surface area contributed by atoms with Crippen molar-refractivity contribution < 1.29 is 14.5 Å².